The monoisotopic (exact) mass is 245 g/mol. The van der Waals surface area contributed by atoms with Gasteiger partial charge >= 0.3 is 0 Å². The highest BCUT2D eigenvalue weighted by atomic mass is 19.3. The number of hydrogen-bond acceptors (Lipinski definition) is 3. The molecule has 0 aliphatic rings. The lowest BCUT2D eigenvalue weighted by Gasteiger charge is -2.11. The van der Waals surface area contributed by atoms with Gasteiger partial charge in [0.15, 0.2) is 0 Å². The van der Waals surface area contributed by atoms with Gasteiger partial charge in [-0.15, -0.1) is 0 Å². The zero-order chi connectivity index (χ0) is 12.7. The Labute approximate surface area is 99.5 Å². The Kier molecular flexibility index (Phi) is 5.52. The van der Waals surface area contributed by atoms with Crippen molar-refractivity contribution in [1.82, 2.24) is 0 Å². The molecule has 0 saturated carbocycles. The molecule has 0 atom stereocenters. The highest BCUT2D eigenvalue weighted by molar-refractivity contribution is 5.55. The molecular weight excluding hydrogens is 228 g/mol. The predicted octanol–water partition coefficient (Wildman–Crippen LogP) is 3.09. The highest BCUT2D eigenvalue weighted by Gasteiger charge is 2.06. The van der Waals surface area contributed by atoms with Crippen LogP contribution in [0.3, 0.4) is 0 Å². The van der Waals surface area contributed by atoms with Crippen molar-refractivity contribution in [2.75, 3.05) is 18.9 Å². The molecule has 0 saturated heterocycles. The van der Waals surface area contributed by atoms with Gasteiger partial charge in [0.2, 0.25) is 0 Å². The number of anilines is 1. The molecular formula is C12H17F2NO2. The third kappa shape index (κ3) is 4.89. The van der Waals surface area contributed by atoms with Crippen LogP contribution in [0.1, 0.15) is 19.8 Å². The maximum Gasteiger partial charge on any atom is 0.272 e. The maximum absolute atomic E-state index is 12.0. The van der Waals surface area contributed by atoms with Crippen molar-refractivity contribution in [2.45, 2.75) is 26.2 Å². The summed E-state index contributed by atoms with van der Waals surface area (Å²) in [5, 5.41) is 0. The van der Waals surface area contributed by atoms with Gasteiger partial charge in [-0.3, -0.25) is 0 Å². The fourth-order valence-corrected chi connectivity index (χ4v) is 1.22. The Morgan fingerprint density at radius 1 is 1.29 bits per heavy atom. The molecule has 2 N–H and O–H groups in total. The van der Waals surface area contributed by atoms with Crippen molar-refractivity contribution in [3.05, 3.63) is 18.2 Å². The van der Waals surface area contributed by atoms with Crippen LogP contribution in [0.25, 0.3) is 0 Å². The molecule has 1 aromatic rings. The lowest BCUT2D eigenvalue weighted by molar-refractivity contribution is 0.0817. The molecule has 0 fully saturated rings. The molecule has 3 nitrogen and oxygen atoms in total. The van der Waals surface area contributed by atoms with Crippen LogP contribution >= 0.6 is 0 Å². The van der Waals surface area contributed by atoms with Crippen LogP contribution in [-0.4, -0.2) is 19.6 Å². The third-order valence-electron chi connectivity index (χ3n) is 2.12. The van der Waals surface area contributed by atoms with Gasteiger partial charge in [-0.05, 0) is 18.6 Å². The second kappa shape index (κ2) is 6.93. The first-order chi connectivity index (χ1) is 8.13. The van der Waals surface area contributed by atoms with Gasteiger partial charge in [-0.2, -0.15) is 0 Å². The van der Waals surface area contributed by atoms with E-state index in [4.69, 9.17) is 15.2 Å². The van der Waals surface area contributed by atoms with Crippen LogP contribution in [0.4, 0.5) is 14.5 Å². The number of rotatable bonds is 7. The van der Waals surface area contributed by atoms with Gasteiger partial charge in [0, 0.05) is 6.07 Å². The lowest BCUT2D eigenvalue weighted by Crippen LogP contribution is -2.07. The molecule has 0 amide bonds. The van der Waals surface area contributed by atoms with Gasteiger partial charge in [0.25, 0.3) is 6.43 Å². The molecule has 0 aromatic heterocycles. The number of alkyl halides is 2. The summed E-state index contributed by atoms with van der Waals surface area (Å²) in [6, 6.07) is 4.67. The molecule has 5 heteroatoms. The highest BCUT2D eigenvalue weighted by Crippen LogP contribution is 2.27. The zero-order valence-corrected chi connectivity index (χ0v) is 9.79. The normalized spacial score (nSPS) is 10.6. The van der Waals surface area contributed by atoms with Crippen LogP contribution in [0.2, 0.25) is 0 Å². The quantitative estimate of drug-likeness (QED) is 0.593. The molecule has 0 bridgehead atoms. The number of hydrogen-bond donors (Lipinski definition) is 1. The van der Waals surface area contributed by atoms with Crippen molar-refractivity contribution in [2.24, 2.45) is 0 Å². The Morgan fingerprint density at radius 2 is 2.06 bits per heavy atom. The number of nitrogen functional groups attached to an aromatic ring is 1. The van der Waals surface area contributed by atoms with Crippen molar-refractivity contribution >= 4 is 5.69 Å². The van der Waals surface area contributed by atoms with Crippen LogP contribution in [-0.2, 0) is 0 Å². The maximum atomic E-state index is 12.0. The molecule has 0 unspecified atom stereocenters. The van der Waals surface area contributed by atoms with Crippen LogP contribution in [0, 0.1) is 0 Å². The number of halogens is 2. The van der Waals surface area contributed by atoms with Gasteiger partial charge in [0.1, 0.15) is 18.1 Å². The Morgan fingerprint density at radius 3 is 2.71 bits per heavy atom. The van der Waals surface area contributed by atoms with E-state index in [9.17, 15) is 8.78 Å². The van der Waals surface area contributed by atoms with Gasteiger partial charge in [-0.1, -0.05) is 13.3 Å². The molecule has 1 aromatic carbocycles. The molecule has 0 aliphatic heterocycles. The van der Waals surface area contributed by atoms with E-state index in [1.807, 2.05) is 0 Å². The van der Waals surface area contributed by atoms with E-state index in [0.29, 0.717) is 23.8 Å². The van der Waals surface area contributed by atoms with Gasteiger partial charge < -0.3 is 15.2 Å². The van der Waals surface area contributed by atoms with E-state index in [1.165, 1.54) is 6.07 Å². The Hall–Kier alpha value is -1.52. The van der Waals surface area contributed by atoms with E-state index in [1.54, 1.807) is 12.1 Å². The summed E-state index contributed by atoms with van der Waals surface area (Å²) in [4.78, 5) is 0. The van der Waals surface area contributed by atoms with E-state index in [2.05, 4.69) is 6.92 Å². The number of ether oxygens (including phenoxy) is 2. The second-order valence-corrected chi connectivity index (χ2v) is 3.60. The first kappa shape index (κ1) is 13.5. The summed E-state index contributed by atoms with van der Waals surface area (Å²) in [5.74, 6) is 0.816. The molecule has 0 heterocycles. The molecule has 17 heavy (non-hydrogen) atoms. The molecule has 1 rings (SSSR count). The standard InChI is InChI=1S/C12H17F2NO2/c1-2-3-6-16-11-7-9(4-5-10(11)15)17-8-12(13)14/h4-5,7,12H,2-3,6,8,15H2,1H3. The first-order valence-corrected chi connectivity index (χ1v) is 5.56. The van der Waals surface area contributed by atoms with E-state index in [0.717, 1.165) is 12.8 Å². The second-order valence-electron chi connectivity index (χ2n) is 3.60. The average Bonchev–Trinajstić information content (AvgIpc) is 2.30. The minimum atomic E-state index is -2.49. The van der Waals surface area contributed by atoms with Gasteiger partial charge in [0.05, 0.1) is 12.3 Å². The lowest BCUT2D eigenvalue weighted by atomic mass is 10.3. The Bertz CT molecular complexity index is 345. The third-order valence-corrected chi connectivity index (χ3v) is 2.12. The number of nitrogens with two attached hydrogens (primary N) is 1. The van der Waals surface area contributed by atoms with Gasteiger partial charge in [-0.25, -0.2) is 8.78 Å². The van der Waals surface area contributed by atoms with Crippen molar-refractivity contribution in [1.29, 1.82) is 0 Å². The minimum Gasteiger partial charge on any atom is -0.491 e. The molecule has 0 aliphatic carbocycles. The first-order valence-electron chi connectivity index (χ1n) is 5.56. The van der Waals surface area contributed by atoms with Crippen molar-refractivity contribution in [3.63, 3.8) is 0 Å². The van der Waals surface area contributed by atoms with E-state index < -0.39 is 13.0 Å². The van der Waals surface area contributed by atoms with Crippen LogP contribution < -0.4 is 15.2 Å². The number of benzene rings is 1. The summed E-state index contributed by atoms with van der Waals surface area (Å²) in [7, 11) is 0. The van der Waals surface area contributed by atoms with Crippen LogP contribution in [0.15, 0.2) is 18.2 Å². The predicted molar refractivity (Wildman–Crippen MR) is 62.8 cm³/mol. The topological polar surface area (TPSA) is 44.5 Å². The summed E-state index contributed by atoms with van der Waals surface area (Å²) < 4.78 is 34.3. The van der Waals surface area contributed by atoms with E-state index in [-0.39, 0.29) is 0 Å². The summed E-state index contributed by atoms with van der Waals surface area (Å²) in [6.07, 6.45) is -0.555. The van der Waals surface area contributed by atoms with Crippen molar-refractivity contribution in [3.8, 4) is 11.5 Å². The van der Waals surface area contributed by atoms with E-state index >= 15 is 0 Å². The average molecular weight is 245 g/mol. The largest absolute Gasteiger partial charge is 0.491 e. The minimum absolute atomic E-state index is 0.339. The Balaban J connectivity index is 2.59. The summed E-state index contributed by atoms with van der Waals surface area (Å²) in [5.41, 5.74) is 6.18. The number of unbranched alkanes of at least 4 members (excludes halogenated alkanes) is 1. The summed E-state index contributed by atoms with van der Waals surface area (Å²) >= 11 is 0. The SMILES string of the molecule is CCCCOc1cc(OCC(F)F)ccc1N. The smallest absolute Gasteiger partial charge is 0.272 e. The zero-order valence-electron chi connectivity index (χ0n) is 9.79. The molecule has 0 radical (unpaired) electrons. The summed E-state index contributed by atoms with van der Waals surface area (Å²) in [6.45, 7) is 1.98. The molecule has 0 spiro atoms. The molecule has 96 valence electrons. The van der Waals surface area contributed by atoms with Crippen molar-refractivity contribution < 1.29 is 18.3 Å². The fourth-order valence-electron chi connectivity index (χ4n) is 1.22. The van der Waals surface area contributed by atoms with Crippen LogP contribution in [0.5, 0.6) is 11.5 Å². The fraction of sp³-hybridized carbons (Fsp3) is 0.500.